The van der Waals surface area contributed by atoms with Gasteiger partial charge in [-0.2, -0.15) is 0 Å². The van der Waals surface area contributed by atoms with Crippen LogP contribution in [0.15, 0.2) is 40.9 Å². The summed E-state index contributed by atoms with van der Waals surface area (Å²) in [6.07, 6.45) is 0.586. The van der Waals surface area contributed by atoms with Gasteiger partial charge in [0.25, 0.3) is 0 Å². The molecule has 1 nitrogen and oxygen atoms in total. The molecule has 0 amide bonds. The van der Waals surface area contributed by atoms with E-state index in [2.05, 4.69) is 21.2 Å². The van der Waals surface area contributed by atoms with E-state index in [0.717, 1.165) is 11.1 Å². The molecule has 0 bridgehead atoms. The molecule has 0 saturated heterocycles. The molecule has 2 aromatic rings. The van der Waals surface area contributed by atoms with Gasteiger partial charge in [-0.3, -0.25) is 0 Å². The van der Waals surface area contributed by atoms with Crippen molar-refractivity contribution in [1.82, 2.24) is 5.32 Å². The maximum atomic E-state index is 13.4. The Morgan fingerprint density at radius 3 is 2.50 bits per heavy atom. The monoisotopic (exact) mass is 359 g/mol. The van der Waals surface area contributed by atoms with Crippen molar-refractivity contribution in [2.45, 2.75) is 12.5 Å². The van der Waals surface area contributed by atoms with Crippen molar-refractivity contribution in [1.29, 1.82) is 0 Å². The SMILES string of the molecule is CNC(Cc1ccc(Cl)c(F)c1)c1ccc(F)c(Br)c1. The van der Waals surface area contributed by atoms with Gasteiger partial charge in [-0.15, -0.1) is 0 Å². The van der Waals surface area contributed by atoms with E-state index in [0.29, 0.717) is 10.9 Å². The minimum absolute atomic E-state index is 0.0347. The first-order valence-electron chi connectivity index (χ1n) is 6.07. The first kappa shape index (κ1) is 15.4. The summed E-state index contributed by atoms with van der Waals surface area (Å²) in [6.45, 7) is 0. The van der Waals surface area contributed by atoms with Gasteiger partial charge in [-0.05, 0) is 64.8 Å². The predicted octanol–water partition coefficient (Wildman–Crippen LogP) is 4.88. The number of benzene rings is 2. The molecule has 0 radical (unpaired) electrons. The first-order valence-corrected chi connectivity index (χ1v) is 7.24. The van der Waals surface area contributed by atoms with E-state index >= 15 is 0 Å². The topological polar surface area (TPSA) is 12.0 Å². The van der Waals surface area contributed by atoms with Gasteiger partial charge >= 0.3 is 0 Å². The van der Waals surface area contributed by atoms with Crippen molar-refractivity contribution in [3.8, 4) is 0 Å². The van der Waals surface area contributed by atoms with Gasteiger partial charge < -0.3 is 5.32 Å². The van der Waals surface area contributed by atoms with Gasteiger partial charge in [-0.1, -0.05) is 23.7 Å². The number of likely N-dealkylation sites (N-methyl/N-ethyl adjacent to an activating group) is 1. The zero-order valence-electron chi connectivity index (χ0n) is 10.8. The van der Waals surface area contributed by atoms with Crippen molar-refractivity contribution in [2.24, 2.45) is 0 Å². The Morgan fingerprint density at radius 2 is 1.90 bits per heavy atom. The Kier molecular flexibility index (Phi) is 5.13. The van der Waals surface area contributed by atoms with Gasteiger partial charge in [0.15, 0.2) is 0 Å². The molecule has 0 aliphatic carbocycles. The molecule has 0 saturated carbocycles. The molecule has 0 fully saturated rings. The smallest absolute Gasteiger partial charge is 0.142 e. The maximum Gasteiger partial charge on any atom is 0.142 e. The van der Waals surface area contributed by atoms with Gasteiger partial charge in [-0.25, -0.2) is 8.78 Å². The van der Waals surface area contributed by atoms with Crippen molar-refractivity contribution in [2.75, 3.05) is 7.05 Å². The Bertz CT molecular complexity index is 619. The fourth-order valence-electron chi connectivity index (χ4n) is 2.02. The van der Waals surface area contributed by atoms with Crippen LogP contribution in [0.4, 0.5) is 8.78 Å². The summed E-state index contributed by atoms with van der Waals surface area (Å²) in [5, 5.41) is 3.26. The fraction of sp³-hybridized carbons (Fsp3) is 0.200. The highest BCUT2D eigenvalue weighted by atomic mass is 79.9. The second-order valence-electron chi connectivity index (χ2n) is 4.47. The van der Waals surface area contributed by atoms with E-state index in [1.165, 1.54) is 12.1 Å². The molecular formula is C15H13BrClF2N. The Hall–Kier alpha value is -0.970. The van der Waals surface area contributed by atoms with E-state index in [1.807, 2.05) is 7.05 Å². The standard InChI is InChI=1S/C15H13BrClF2N/c1-20-15(10-3-5-13(18)11(16)8-10)7-9-2-4-12(17)14(19)6-9/h2-6,8,15,20H,7H2,1H3. The average molecular weight is 361 g/mol. The lowest BCUT2D eigenvalue weighted by Crippen LogP contribution is -2.19. The summed E-state index contributed by atoms with van der Waals surface area (Å²) in [5.41, 5.74) is 1.75. The molecule has 2 aromatic carbocycles. The van der Waals surface area contributed by atoms with Crippen LogP contribution in [0.25, 0.3) is 0 Å². The summed E-state index contributed by atoms with van der Waals surface area (Å²) in [7, 11) is 1.81. The van der Waals surface area contributed by atoms with E-state index in [1.54, 1.807) is 24.3 Å². The second-order valence-corrected chi connectivity index (χ2v) is 5.73. The molecule has 0 heterocycles. The van der Waals surface area contributed by atoms with Crippen LogP contribution < -0.4 is 5.32 Å². The molecule has 1 unspecified atom stereocenters. The highest BCUT2D eigenvalue weighted by molar-refractivity contribution is 9.10. The molecule has 1 atom stereocenters. The van der Waals surface area contributed by atoms with Crippen molar-refractivity contribution < 1.29 is 8.78 Å². The molecule has 2 rings (SSSR count). The molecule has 0 aromatic heterocycles. The lowest BCUT2D eigenvalue weighted by atomic mass is 9.99. The summed E-state index contributed by atoms with van der Waals surface area (Å²) >= 11 is 8.84. The van der Waals surface area contributed by atoms with Crippen LogP contribution in [0.5, 0.6) is 0 Å². The van der Waals surface area contributed by atoms with Gasteiger partial charge in [0.2, 0.25) is 0 Å². The van der Waals surface area contributed by atoms with Crippen LogP contribution in [0.3, 0.4) is 0 Å². The van der Waals surface area contributed by atoms with E-state index in [-0.39, 0.29) is 16.9 Å². The zero-order chi connectivity index (χ0) is 14.7. The van der Waals surface area contributed by atoms with Crippen LogP contribution in [0, 0.1) is 11.6 Å². The van der Waals surface area contributed by atoms with Crippen molar-refractivity contribution in [3.05, 3.63) is 68.7 Å². The Labute approximate surface area is 130 Å². The number of halogens is 4. The summed E-state index contributed by atoms with van der Waals surface area (Å²) in [5.74, 6) is -0.736. The van der Waals surface area contributed by atoms with E-state index in [9.17, 15) is 8.78 Å². The predicted molar refractivity (Wildman–Crippen MR) is 81.0 cm³/mol. The first-order chi connectivity index (χ1) is 9.51. The van der Waals surface area contributed by atoms with E-state index in [4.69, 9.17) is 11.6 Å². The third-order valence-electron chi connectivity index (χ3n) is 3.12. The fourth-order valence-corrected chi connectivity index (χ4v) is 2.53. The van der Waals surface area contributed by atoms with Crippen LogP contribution >= 0.6 is 27.5 Å². The van der Waals surface area contributed by atoms with Crippen LogP contribution in [-0.2, 0) is 6.42 Å². The summed E-state index contributed by atoms with van der Waals surface area (Å²) in [4.78, 5) is 0. The molecule has 20 heavy (non-hydrogen) atoms. The largest absolute Gasteiger partial charge is 0.313 e. The van der Waals surface area contributed by atoms with Crippen molar-refractivity contribution in [3.63, 3.8) is 0 Å². The third kappa shape index (κ3) is 3.57. The highest BCUT2D eigenvalue weighted by Gasteiger charge is 2.13. The molecule has 5 heteroatoms. The molecule has 1 N–H and O–H groups in total. The summed E-state index contributed by atoms with van der Waals surface area (Å²) in [6, 6.07) is 9.56. The lowest BCUT2D eigenvalue weighted by Gasteiger charge is -2.17. The minimum atomic E-state index is -0.431. The molecule has 0 aliphatic heterocycles. The molecule has 0 aliphatic rings. The maximum absolute atomic E-state index is 13.4. The van der Waals surface area contributed by atoms with E-state index < -0.39 is 5.82 Å². The van der Waals surface area contributed by atoms with Gasteiger partial charge in [0.05, 0.1) is 9.50 Å². The van der Waals surface area contributed by atoms with Crippen LogP contribution in [-0.4, -0.2) is 7.05 Å². The van der Waals surface area contributed by atoms with Gasteiger partial charge in [0, 0.05) is 6.04 Å². The number of hydrogen-bond acceptors (Lipinski definition) is 1. The highest BCUT2D eigenvalue weighted by Crippen LogP contribution is 2.25. The van der Waals surface area contributed by atoms with Gasteiger partial charge in [0.1, 0.15) is 11.6 Å². The number of hydrogen-bond donors (Lipinski definition) is 1. The second kappa shape index (κ2) is 6.66. The minimum Gasteiger partial charge on any atom is -0.313 e. The molecule has 106 valence electrons. The van der Waals surface area contributed by atoms with Crippen LogP contribution in [0.1, 0.15) is 17.2 Å². The zero-order valence-corrected chi connectivity index (χ0v) is 13.1. The average Bonchev–Trinajstić information content (AvgIpc) is 2.43. The number of nitrogens with one attached hydrogen (secondary N) is 1. The Morgan fingerprint density at radius 1 is 1.15 bits per heavy atom. The Balaban J connectivity index is 2.23. The quantitative estimate of drug-likeness (QED) is 0.819. The van der Waals surface area contributed by atoms with Crippen molar-refractivity contribution >= 4 is 27.5 Å². The summed E-state index contributed by atoms with van der Waals surface area (Å²) < 4.78 is 27.1. The normalized spacial score (nSPS) is 12.4. The molecular weight excluding hydrogens is 348 g/mol. The number of rotatable bonds is 4. The third-order valence-corrected chi connectivity index (χ3v) is 4.03. The van der Waals surface area contributed by atoms with Crippen LogP contribution in [0.2, 0.25) is 5.02 Å². The lowest BCUT2D eigenvalue weighted by molar-refractivity contribution is 0.578. The molecule has 0 spiro atoms.